The highest BCUT2D eigenvalue weighted by atomic mass is 32.2. The summed E-state index contributed by atoms with van der Waals surface area (Å²) in [6, 6.07) is 12.6. The molecule has 194 valence electrons. The van der Waals surface area contributed by atoms with Gasteiger partial charge in [-0.1, -0.05) is 24.3 Å². The van der Waals surface area contributed by atoms with Gasteiger partial charge in [0.15, 0.2) is 6.61 Å². The average Bonchev–Trinajstić information content (AvgIpc) is 3.37. The number of carbonyl (C=O) groups is 3. The van der Waals surface area contributed by atoms with Gasteiger partial charge in [-0.2, -0.15) is 0 Å². The first kappa shape index (κ1) is 26.2. The highest BCUT2D eigenvalue weighted by Crippen LogP contribution is 2.36. The van der Waals surface area contributed by atoms with Crippen LogP contribution in [0.2, 0.25) is 0 Å². The fourth-order valence-electron chi connectivity index (χ4n) is 4.63. The second-order valence-electron chi connectivity index (χ2n) is 8.86. The molecule has 1 N–H and O–H groups in total. The largest absolute Gasteiger partial charge is 0.462 e. The number of nitrogens with zero attached hydrogens (tertiary/aromatic N) is 1. The van der Waals surface area contributed by atoms with Gasteiger partial charge in [0.25, 0.3) is 10.0 Å². The molecule has 0 radical (unpaired) electrons. The van der Waals surface area contributed by atoms with E-state index in [0.717, 1.165) is 5.56 Å². The number of hydrogen-bond acceptors (Lipinski definition) is 7. The first-order chi connectivity index (χ1) is 17.6. The van der Waals surface area contributed by atoms with Crippen LogP contribution in [-0.2, 0) is 25.9 Å². The number of ether oxygens (including phenoxy) is 2. The number of aromatic nitrogens is 1. The van der Waals surface area contributed by atoms with Gasteiger partial charge in [0, 0.05) is 11.7 Å². The molecule has 2 heterocycles. The Morgan fingerprint density at radius 2 is 1.76 bits per heavy atom. The molecule has 3 aromatic rings. The smallest absolute Gasteiger partial charge is 0.340 e. The minimum atomic E-state index is -3.94. The summed E-state index contributed by atoms with van der Waals surface area (Å²) in [6.45, 7) is 6.38. The Balaban J connectivity index is 1.50. The molecule has 37 heavy (non-hydrogen) atoms. The lowest BCUT2D eigenvalue weighted by molar-refractivity contribution is 0.0472. The van der Waals surface area contributed by atoms with E-state index in [-0.39, 0.29) is 34.4 Å². The van der Waals surface area contributed by atoms with Crippen LogP contribution < -0.4 is 4.31 Å². The number of sulfonamides is 1. The second-order valence-corrected chi connectivity index (χ2v) is 10.7. The number of para-hydroxylation sites is 1. The first-order valence-electron chi connectivity index (χ1n) is 11.8. The predicted octanol–water partition coefficient (Wildman–Crippen LogP) is 3.99. The van der Waals surface area contributed by atoms with Crippen LogP contribution in [0.4, 0.5) is 5.69 Å². The number of nitrogens with one attached hydrogen (secondary N) is 1. The van der Waals surface area contributed by atoms with Crippen molar-refractivity contribution in [1.29, 1.82) is 0 Å². The summed E-state index contributed by atoms with van der Waals surface area (Å²) < 4.78 is 38.6. The Kier molecular flexibility index (Phi) is 7.22. The molecule has 10 heteroatoms. The number of H-pyrrole nitrogens is 1. The summed E-state index contributed by atoms with van der Waals surface area (Å²) in [5.41, 5.74) is 2.85. The van der Waals surface area contributed by atoms with Crippen LogP contribution in [0.5, 0.6) is 0 Å². The lowest BCUT2D eigenvalue weighted by atomic mass is 10.1. The molecular weight excluding hydrogens is 496 g/mol. The van der Waals surface area contributed by atoms with Crippen molar-refractivity contribution in [3.05, 3.63) is 82.2 Å². The summed E-state index contributed by atoms with van der Waals surface area (Å²) in [4.78, 5) is 40.5. The number of esters is 2. The van der Waals surface area contributed by atoms with E-state index in [4.69, 9.17) is 9.47 Å². The maximum atomic E-state index is 13.5. The summed E-state index contributed by atoms with van der Waals surface area (Å²) in [5.74, 6) is -1.92. The maximum Gasteiger partial charge on any atom is 0.340 e. The number of aromatic amines is 1. The van der Waals surface area contributed by atoms with Crippen LogP contribution in [0.1, 0.15) is 61.9 Å². The summed E-state index contributed by atoms with van der Waals surface area (Å²) >= 11 is 0. The average molecular weight is 525 g/mol. The van der Waals surface area contributed by atoms with Crippen LogP contribution in [0.15, 0.2) is 53.4 Å². The van der Waals surface area contributed by atoms with Crippen LogP contribution in [0, 0.1) is 13.8 Å². The molecule has 1 aromatic heterocycles. The predicted molar refractivity (Wildman–Crippen MR) is 137 cm³/mol. The van der Waals surface area contributed by atoms with Crippen molar-refractivity contribution in [3.8, 4) is 0 Å². The molecule has 0 fully saturated rings. The van der Waals surface area contributed by atoms with Gasteiger partial charge in [0.1, 0.15) is 0 Å². The van der Waals surface area contributed by atoms with E-state index in [1.807, 2.05) is 19.1 Å². The van der Waals surface area contributed by atoms with Crippen molar-refractivity contribution in [2.24, 2.45) is 0 Å². The fraction of sp³-hybridized carbons (Fsp3) is 0.296. The summed E-state index contributed by atoms with van der Waals surface area (Å²) in [5, 5.41) is 0. The lowest BCUT2D eigenvalue weighted by Crippen LogP contribution is -2.35. The standard InChI is InChI=1S/C27H28N2O7S/c1-5-35-27(32)24-17(3)25(28-18(24)4)23(30)15-36-26(31)20-10-8-11-21(14-20)37(33,34)29-16(2)13-19-9-6-7-12-22(19)29/h6-12,14,16,28H,5,13,15H2,1-4H3/t16-/m1/s1. The van der Waals surface area contributed by atoms with E-state index in [1.165, 1.54) is 28.6 Å². The van der Waals surface area contributed by atoms with Gasteiger partial charge in [-0.3, -0.25) is 9.10 Å². The lowest BCUT2D eigenvalue weighted by Gasteiger charge is -2.24. The van der Waals surface area contributed by atoms with E-state index in [1.54, 1.807) is 32.9 Å². The number of benzene rings is 2. The number of Topliss-reactive ketones (excluding diaryl/α,β-unsaturated/α-hetero) is 1. The molecule has 1 aliphatic rings. The zero-order valence-electron chi connectivity index (χ0n) is 21.0. The van der Waals surface area contributed by atoms with Crippen LogP contribution in [-0.4, -0.2) is 50.4 Å². The molecule has 0 aliphatic carbocycles. The maximum absolute atomic E-state index is 13.5. The molecule has 1 aliphatic heterocycles. The quantitative estimate of drug-likeness (QED) is 0.349. The zero-order chi connectivity index (χ0) is 26.9. The fourth-order valence-corrected chi connectivity index (χ4v) is 6.36. The van der Waals surface area contributed by atoms with Crippen molar-refractivity contribution < 1.29 is 32.3 Å². The first-order valence-corrected chi connectivity index (χ1v) is 13.3. The molecule has 2 aromatic carbocycles. The third kappa shape index (κ3) is 4.89. The molecule has 0 saturated carbocycles. The van der Waals surface area contributed by atoms with E-state index >= 15 is 0 Å². The SMILES string of the molecule is CCOC(=O)c1c(C)[nH]c(C(=O)COC(=O)c2cccc(S(=O)(=O)N3c4ccccc4C[C@H]3C)c2)c1C. The van der Waals surface area contributed by atoms with Crippen molar-refractivity contribution in [1.82, 2.24) is 4.98 Å². The topological polar surface area (TPSA) is 123 Å². The Morgan fingerprint density at radius 3 is 2.49 bits per heavy atom. The Labute approximate surface area is 215 Å². The molecule has 4 rings (SSSR count). The van der Waals surface area contributed by atoms with Gasteiger partial charge < -0.3 is 14.5 Å². The van der Waals surface area contributed by atoms with Gasteiger partial charge in [-0.25, -0.2) is 18.0 Å². The second kappa shape index (κ2) is 10.2. The Bertz CT molecular complexity index is 1490. The third-order valence-electron chi connectivity index (χ3n) is 6.30. The third-order valence-corrected chi connectivity index (χ3v) is 8.23. The van der Waals surface area contributed by atoms with Crippen molar-refractivity contribution in [3.63, 3.8) is 0 Å². The number of hydrogen-bond donors (Lipinski definition) is 1. The molecule has 0 bridgehead atoms. The van der Waals surface area contributed by atoms with E-state index in [9.17, 15) is 22.8 Å². The molecule has 0 amide bonds. The number of aryl methyl sites for hydroxylation is 1. The number of anilines is 1. The van der Waals surface area contributed by atoms with Gasteiger partial charge in [-0.15, -0.1) is 0 Å². The highest BCUT2D eigenvalue weighted by molar-refractivity contribution is 7.92. The van der Waals surface area contributed by atoms with Crippen molar-refractivity contribution in [2.75, 3.05) is 17.5 Å². The van der Waals surface area contributed by atoms with Gasteiger partial charge in [0.05, 0.1) is 34.0 Å². The minimum absolute atomic E-state index is 0.000566. The van der Waals surface area contributed by atoms with Crippen LogP contribution in [0.3, 0.4) is 0 Å². The molecule has 0 spiro atoms. The minimum Gasteiger partial charge on any atom is -0.462 e. The highest BCUT2D eigenvalue weighted by Gasteiger charge is 2.36. The van der Waals surface area contributed by atoms with Gasteiger partial charge >= 0.3 is 11.9 Å². The van der Waals surface area contributed by atoms with Crippen LogP contribution in [0.25, 0.3) is 0 Å². The number of ketones is 1. The normalized spacial score (nSPS) is 14.8. The molecule has 1 atom stereocenters. The summed E-state index contributed by atoms with van der Waals surface area (Å²) in [7, 11) is -3.94. The van der Waals surface area contributed by atoms with Crippen molar-refractivity contribution >= 4 is 33.4 Å². The Morgan fingerprint density at radius 1 is 1.03 bits per heavy atom. The molecule has 9 nitrogen and oxygen atoms in total. The molecule has 0 unspecified atom stereocenters. The van der Waals surface area contributed by atoms with E-state index in [0.29, 0.717) is 23.4 Å². The number of carbonyl (C=O) groups excluding carboxylic acids is 3. The number of rotatable bonds is 8. The van der Waals surface area contributed by atoms with Gasteiger partial charge in [-0.05, 0) is 69.5 Å². The Hall–Kier alpha value is -3.92. The number of fused-ring (bicyclic) bond motifs is 1. The molecule has 0 saturated heterocycles. The van der Waals surface area contributed by atoms with E-state index in [2.05, 4.69) is 4.98 Å². The van der Waals surface area contributed by atoms with E-state index < -0.39 is 34.4 Å². The van der Waals surface area contributed by atoms with Crippen LogP contribution >= 0.6 is 0 Å². The van der Waals surface area contributed by atoms with Crippen molar-refractivity contribution in [2.45, 2.75) is 45.1 Å². The zero-order valence-corrected chi connectivity index (χ0v) is 21.8. The summed E-state index contributed by atoms with van der Waals surface area (Å²) in [6.07, 6.45) is 0.592. The monoisotopic (exact) mass is 524 g/mol. The van der Waals surface area contributed by atoms with Gasteiger partial charge in [0.2, 0.25) is 5.78 Å². The molecular formula is C27H28N2O7S.